The molecule has 51 heavy (non-hydrogen) atoms. The fourth-order valence-corrected chi connectivity index (χ4v) is 6.81. The van der Waals surface area contributed by atoms with Crippen LogP contribution in [0.1, 0.15) is 34.4 Å². The second kappa shape index (κ2) is 12.4. The second-order valence-electron chi connectivity index (χ2n) is 12.4. The number of nitriles is 2. The summed E-state index contributed by atoms with van der Waals surface area (Å²) in [6.07, 6.45) is 0. The van der Waals surface area contributed by atoms with Gasteiger partial charge in [-0.15, -0.1) is 0 Å². The summed E-state index contributed by atoms with van der Waals surface area (Å²) >= 11 is 0. The number of benzene rings is 5. The standard InChI is InChI=1S/C42H29N9/c1-24-45-25(2)48-41(47-24)30-15-18-38(37(19-30)42-49-26(3)46-27(4)50-42)51-39-20-28(33-11-7-5-9-31(33)22-43)13-16-35(39)36-17-14-29(21-40(36)51)34-12-8-6-10-32(34)23-44/h5-21H,1-4H3. The highest BCUT2D eigenvalue weighted by molar-refractivity contribution is 6.11. The number of nitrogens with zero attached hydrogens (tertiary/aromatic N) is 9. The van der Waals surface area contributed by atoms with Crippen molar-refractivity contribution in [3.05, 3.63) is 138 Å². The second-order valence-corrected chi connectivity index (χ2v) is 12.4. The molecule has 9 nitrogen and oxygen atoms in total. The number of hydrogen-bond acceptors (Lipinski definition) is 8. The lowest BCUT2D eigenvalue weighted by molar-refractivity contribution is 0.924. The lowest BCUT2D eigenvalue weighted by Crippen LogP contribution is -2.05. The van der Waals surface area contributed by atoms with Crippen LogP contribution < -0.4 is 0 Å². The van der Waals surface area contributed by atoms with E-state index in [1.165, 1.54) is 0 Å². The summed E-state index contributed by atoms with van der Waals surface area (Å²) < 4.78 is 2.22. The number of fused-ring (bicyclic) bond motifs is 3. The number of hydrogen-bond donors (Lipinski definition) is 0. The normalized spacial score (nSPS) is 11.1. The van der Waals surface area contributed by atoms with Crippen LogP contribution in [0.3, 0.4) is 0 Å². The Labute approximate surface area is 294 Å². The van der Waals surface area contributed by atoms with Gasteiger partial charge in [-0.25, -0.2) is 29.9 Å². The summed E-state index contributed by atoms with van der Waals surface area (Å²) in [6, 6.07) is 38.7. The molecule has 242 valence electrons. The fraction of sp³-hybridized carbons (Fsp3) is 0.0952. The first-order chi connectivity index (χ1) is 24.8. The third-order valence-electron chi connectivity index (χ3n) is 8.94. The van der Waals surface area contributed by atoms with Gasteiger partial charge in [-0.05, 0) is 92.4 Å². The fourth-order valence-electron chi connectivity index (χ4n) is 6.81. The van der Waals surface area contributed by atoms with E-state index in [9.17, 15) is 10.5 Å². The highest BCUT2D eigenvalue weighted by Crippen LogP contribution is 2.40. The smallest absolute Gasteiger partial charge is 0.165 e. The molecule has 0 bridgehead atoms. The molecule has 8 aromatic rings. The molecular formula is C42H29N9. The maximum Gasteiger partial charge on any atom is 0.165 e. The lowest BCUT2D eigenvalue weighted by atomic mass is 9.98. The Balaban J connectivity index is 1.49. The van der Waals surface area contributed by atoms with Gasteiger partial charge in [0.05, 0.1) is 40.0 Å². The molecule has 0 aliphatic rings. The van der Waals surface area contributed by atoms with Gasteiger partial charge in [0.1, 0.15) is 23.3 Å². The van der Waals surface area contributed by atoms with Crippen molar-refractivity contribution in [3.8, 4) is 62.9 Å². The van der Waals surface area contributed by atoms with Crippen LogP contribution in [0.2, 0.25) is 0 Å². The number of rotatable bonds is 5. The molecule has 0 spiro atoms. The van der Waals surface area contributed by atoms with Gasteiger partial charge in [0, 0.05) is 21.9 Å². The van der Waals surface area contributed by atoms with E-state index in [1.54, 1.807) is 0 Å². The molecule has 0 amide bonds. The van der Waals surface area contributed by atoms with Gasteiger partial charge in [-0.1, -0.05) is 60.7 Å². The van der Waals surface area contributed by atoms with Crippen molar-refractivity contribution in [2.24, 2.45) is 0 Å². The number of aryl methyl sites for hydroxylation is 4. The van der Waals surface area contributed by atoms with E-state index in [1.807, 2.05) is 88.4 Å². The first-order valence-corrected chi connectivity index (χ1v) is 16.4. The summed E-state index contributed by atoms with van der Waals surface area (Å²) in [4.78, 5) is 27.8. The first-order valence-electron chi connectivity index (χ1n) is 16.4. The van der Waals surface area contributed by atoms with Crippen molar-refractivity contribution >= 4 is 21.8 Å². The first kappa shape index (κ1) is 31.2. The van der Waals surface area contributed by atoms with E-state index in [4.69, 9.17) is 9.97 Å². The molecule has 8 rings (SSSR count). The molecule has 0 N–H and O–H groups in total. The predicted octanol–water partition coefficient (Wildman–Crippen LogP) is 8.80. The van der Waals surface area contributed by atoms with Crippen molar-refractivity contribution in [3.63, 3.8) is 0 Å². The Morgan fingerprint density at radius 3 is 1.39 bits per heavy atom. The van der Waals surface area contributed by atoms with Crippen molar-refractivity contribution in [1.29, 1.82) is 10.5 Å². The van der Waals surface area contributed by atoms with E-state index in [-0.39, 0.29) is 0 Å². The molecule has 0 unspecified atom stereocenters. The Bertz CT molecular complexity index is 2630. The molecule has 0 fully saturated rings. The Morgan fingerprint density at radius 1 is 0.451 bits per heavy atom. The van der Waals surface area contributed by atoms with Crippen LogP contribution in [-0.2, 0) is 0 Å². The van der Waals surface area contributed by atoms with Crippen molar-refractivity contribution < 1.29 is 0 Å². The topological polar surface area (TPSA) is 130 Å². The van der Waals surface area contributed by atoms with Gasteiger partial charge in [-0.2, -0.15) is 10.5 Å². The average Bonchev–Trinajstić information content (AvgIpc) is 3.46. The van der Waals surface area contributed by atoms with Gasteiger partial charge in [0.15, 0.2) is 11.6 Å². The van der Waals surface area contributed by atoms with Gasteiger partial charge >= 0.3 is 0 Å². The van der Waals surface area contributed by atoms with E-state index in [0.29, 0.717) is 46.1 Å². The molecule has 3 aromatic heterocycles. The summed E-state index contributed by atoms with van der Waals surface area (Å²) in [5, 5.41) is 22.0. The molecule has 5 aromatic carbocycles. The van der Waals surface area contributed by atoms with Crippen molar-refractivity contribution in [2.75, 3.05) is 0 Å². The predicted molar refractivity (Wildman–Crippen MR) is 198 cm³/mol. The molecule has 3 heterocycles. The van der Waals surface area contributed by atoms with E-state index in [2.05, 4.69) is 79.1 Å². The van der Waals surface area contributed by atoms with Crippen molar-refractivity contribution in [2.45, 2.75) is 27.7 Å². The molecule has 0 radical (unpaired) electrons. The minimum Gasteiger partial charge on any atom is -0.308 e. The molecule has 0 saturated heterocycles. The van der Waals surface area contributed by atoms with E-state index in [0.717, 1.165) is 60.9 Å². The third kappa shape index (κ3) is 5.53. The van der Waals surface area contributed by atoms with Crippen LogP contribution in [-0.4, -0.2) is 34.5 Å². The maximum absolute atomic E-state index is 9.97. The molecule has 0 atom stereocenters. The van der Waals surface area contributed by atoms with Gasteiger partial charge < -0.3 is 4.57 Å². The Hall–Kier alpha value is -7.10. The average molecular weight is 660 g/mol. The van der Waals surface area contributed by atoms with Crippen LogP contribution >= 0.6 is 0 Å². The van der Waals surface area contributed by atoms with Crippen LogP contribution in [0.5, 0.6) is 0 Å². The minimum absolute atomic E-state index is 0.520. The quantitative estimate of drug-likeness (QED) is 0.179. The monoisotopic (exact) mass is 659 g/mol. The zero-order valence-electron chi connectivity index (χ0n) is 28.3. The highest BCUT2D eigenvalue weighted by Gasteiger charge is 2.21. The van der Waals surface area contributed by atoms with Crippen molar-refractivity contribution in [1.82, 2.24) is 34.5 Å². The summed E-state index contributed by atoms with van der Waals surface area (Å²) in [5.74, 6) is 3.55. The Kier molecular flexibility index (Phi) is 7.59. The molecule has 0 aliphatic heterocycles. The van der Waals surface area contributed by atoms with Crippen LogP contribution in [0, 0.1) is 50.4 Å². The van der Waals surface area contributed by atoms with Gasteiger partial charge in [0.25, 0.3) is 0 Å². The summed E-state index contributed by atoms with van der Waals surface area (Å²) in [6.45, 7) is 7.43. The Morgan fingerprint density at radius 2 is 0.902 bits per heavy atom. The molecule has 0 aliphatic carbocycles. The lowest BCUT2D eigenvalue weighted by Gasteiger charge is -2.16. The van der Waals surface area contributed by atoms with Crippen LogP contribution in [0.25, 0.3) is 72.5 Å². The van der Waals surface area contributed by atoms with E-state index < -0.39 is 0 Å². The van der Waals surface area contributed by atoms with Gasteiger partial charge in [-0.3, -0.25) is 0 Å². The summed E-state index contributed by atoms with van der Waals surface area (Å²) in [7, 11) is 0. The zero-order chi connectivity index (χ0) is 35.2. The zero-order valence-corrected chi connectivity index (χ0v) is 28.3. The van der Waals surface area contributed by atoms with Crippen LogP contribution in [0.4, 0.5) is 0 Å². The third-order valence-corrected chi connectivity index (χ3v) is 8.94. The highest BCUT2D eigenvalue weighted by atomic mass is 15.0. The van der Waals surface area contributed by atoms with Gasteiger partial charge in [0.2, 0.25) is 0 Å². The minimum atomic E-state index is 0.520. The SMILES string of the molecule is Cc1nc(C)nc(-c2ccc(-n3c4cc(-c5ccccc5C#N)ccc4c4ccc(-c5ccccc5C#N)cc43)c(-c3nc(C)nc(C)n3)c2)n1. The van der Waals surface area contributed by atoms with E-state index >= 15 is 0 Å². The summed E-state index contributed by atoms with van der Waals surface area (Å²) in [5.41, 5.74) is 8.99. The number of aromatic nitrogens is 7. The van der Waals surface area contributed by atoms with Crippen LogP contribution in [0.15, 0.2) is 103 Å². The maximum atomic E-state index is 9.97. The molecule has 0 saturated carbocycles. The largest absolute Gasteiger partial charge is 0.308 e. The molecular weight excluding hydrogens is 631 g/mol. The molecule has 9 heteroatoms.